The van der Waals surface area contributed by atoms with Crippen molar-refractivity contribution in [2.24, 2.45) is 0 Å². The number of carbonyl (C=O) groups is 2. The van der Waals surface area contributed by atoms with Crippen LogP contribution in [0.4, 0.5) is 0 Å². The van der Waals surface area contributed by atoms with Crippen molar-refractivity contribution in [3.8, 4) is 0 Å². The number of aryl methyl sites for hydroxylation is 4. The summed E-state index contributed by atoms with van der Waals surface area (Å²) >= 11 is 0. The Morgan fingerprint density at radius 3 is 1.42 bits per heavy atom. The largest absolute Gasteiger partial charge is 0.295 e. The summed E-state index contributed by atoms with van der Waals surface area (Å²) in [6, 6.07) is 13.8. The maximum Gasteiger partial charge on any atom is 0.155 e. The first-order chi connectivity index (χ1) is 18.3. The van der Waals surface area contributed by atoms with Crippen LogP contribution < -0.4 is 0 Å². The van der Waals surface area contributed by atoms with E-state index in [1.165, 1.54) is 57.4 Å². The van der Waals surface area contributed by atoms with Crippen molar-refractivity contribution in [2.45, 2.75) is 116 Å². The van der Waals surface area contributed by atoms with E-state index in [2.05, 4.69) is 64.1 Å². The second-order valence-electron chi connectivity index (χ2n) is 12.2. The van der Waals surface area contributed by atoms with Gasteiger partial charge in [0.2, 0.25) is 0 Å². The molecule has 0 spiro atoms. The number of carbonyl (C=O) groups excluding carboxylic acids is 2. The molecule has 0 amide bonds. The minimum atomic E-state index is 0.146. The Labute approximate surface area is 229 Å². The average molecular weight is 509 g/mol. The van der Waals surface area contributed by atoms with E-state index in [4.69, 9.17) is 0 Å². The van der Waals surface area contributed by atoms with Gasteiger partial charge < -0.3 is 0 Å². The SMILES string of the molecule is CC[C@@]12CCC(=O)C=C1CCCc1cc(C)ccc12.CC[C@]12CCC(=O)C=C1CCCc1cc(C)ccc12. The number of fused-ring (bicyclic) bond motifs is 6. The van der Waals surface area contributed by atoms with Crippen LogP contribution in [0, 0.1) is 13.8 Å². The lowest BCUT2D eigenvalue weighted by molar-refractivity contribution is -0.116. The topological polar surface area (TPSA) is 34.1 Å². The van der Waals surface area contributed by atoms with Crippen LogP contribution >= 0.6 is 0 Å². The van der Waals surface area contributed by atoms with Gasteiger partial charge >= 0.3 is 0 Å². The Kier molecular flexibility index (Phi) is 7.63. The second-order valence-corrected chi connectivity index (χ2v) is 12.2. The molecule has 2 atom stereocenters. The van der Waals surface area contributed by atoms with Gasteiger partial charge in [0.25, 0.3) is 0 Å². The summed E-state index contributed by atoms with van der Waals surface area (Å²) in [5, 5.41) is 0. The number of ketones is 2. The molecule has 0 aliphatic heterocycles. The van der Waals surface area contributed by atoms with Gasteiger partial charge in [-0.2, -0.15) is 0 Å². The molecule has 0 heterocycles. The van der Waals surface area contributed by atoms with E-state index in [0.29, 0.717) is 24.4 Å². The van der Waals surface area contributed by atoms with E-state index in [9.17, 15) is 9.59 Å². The van der Waals surface area contributed by atoms with Crippen molar-refractivity contribution >= 4 is 11.6 Å². The van der Waals surface area contributed by atoms with E-state index in [-0.39, 0.29) is 10.8 Å². The van der Waals surface area contributed by atoms with Crippen molar-refractivity contribution < 1.29 is 9.59 Å². The van der Waals surface area contributed by atoms with E-state index in [0.717, 1.165) is 51.4 Å². The van der Waals surface area contributed by atoms with Crippen molar-refractivity contribution in [2.75, 3.05) is 0 Å². The number of benzene rings is 2. The first kappa shape index (κ1) is 26.9. The molecule has 0 aromatic heterocycles. The van der Waals surface area contributed by atoms with Crippen molar-refractivity contribution in [3.05, 3.63) is 93.1 Å². The Morgan fingerprint density at radius 1 is 0.605 bits per heavy atom. The highest BCUT2D eigenvalue weighted by Crippen LogP contribution is 2.49. The van der Waals surface area contributed by atoms with Gasteiger partial charge in [-0.1, -0.05) is 72.5 Å². The van der Waals surface area contributed by atoms with Crippen molar-refractivity contribution in [1.29, 1.82) is 0 Å². The fourth-order valence-corrected chi connectivity index (χ4v) is 7.96. The molecule has 6 rings (SSSR count). The van der Waals surface area contributed by atoms with E-state index in [1.807, 2.05) is 12.2 Å². The maximum atomic E-state index is 11.8. The van der Waals surface area contributed by atoms with Gasteiger partial charge in [-0.15, -0.1) is 0 Å². The zero-order chi connectivity index (χ0) is 26.9. The van der Waals surface area contributed by atoms with E-state index < -0.39 is 0 Å². The smallest absolute Gasteiger partial charge is 0.155 e. The zero-order valence-electron chi connectivity index (χ0n) is 23.9. The summed E-state index contributed by atoms with van der Waals surface area (Å²) in [6.45, 7) is 8.90. The third-order valence-corrected chi connectivity index (χ3v) is 10.0. The first-order valence-electron chi connectivity index (χ1n) is 15.0. The van der Waals surface area contributed by atoms with Crippen LogP contribution in [0.1, 0.15) is 111 Å². The molecule has 200 valence electrons. The third-order valence-electron chi connectivity index (χ3n) is 10.0. The lowest BCUT2D eigenvalue weighted by Crippen LogP contribution is -2.32. The summed E-state index contributed by atoms with van der Waals surface area (Å²) in [5.74, 6) is 0.657. The minimum Gasteiger partial charge on any atom is -0.295 e. The maximum absolute atomic E-state index is 11.8. The molecule has 0 bridgehead atoms. The number of hydrogen-bond donors (Lipinski definition) is 0. The van der Waals surface area contributed by atoms with Gasteiger partial charge in [-0.05, 0) is 112 Å². The Hall–Kier alpha value is -2.74. The Balaban J connectivity index is 0.000000155. The first-order valence-corrected chi connectivity index (χ1v) is 15.0. The summed E-state index contributed by atoms with van der Waals surface area (Å²) in [6.07, 6.45) is 16.4. The molecule has 2 aromatic rings. The Bertz CT molecular complexity index is 1210. The molecule has 2 aromatic carbocycles. The van der Waals surface area contributed by atoms with Crippen LogP contribution in [0.15, 0.2) is 59.7 Å². The molecular weight excluding hydrogens is 464 g/mol. The van der Waals surface area contributed by atoms with Gasteiger partial charge in [0.1, 0.15) is 0 Å². The predicted octanol–water partition coefficient (Wildman–Crippen LogP) is 8.54. The molecule has 0 unspecified atom stereocenters. The highest BCUT2D eigenvalue weighted by Gasteiger charge is 2.41. The van der Waals surface area contributed by atoms with Crippen LogP contribution in [0.2, 0.25) is 0 Å². The fraction of sp³-hybridized carbons (Fsp3) is 0.500. The highest BCUT2D eigenvalue weighted by molar-refractivity contribution is 5.92. The van der Waals surface area contributed by atoms with Gasteiger partial charge in [0.15, 0.2) is 11.6 Å². The van der Waals surface area contributed by atoms with Crippen LogP contribution in [-0.4, -0.2) is 11.6 Å². The molecule has 0 saturated carbocycles. The van der Waals surface area contributed by atoms with Crippen molar-refractivity contribution in [3.63, 3.8) is 0 Å². The number of rotatable bonds is 2. The van der Waals surface area contributed by atoms with Crippen LogP contribution in [0.3, 0.4) is 0 Å². The lowest BCUT2D eigenvalue weighted by atomic mass is 9.65. The Morgan fingerprint density at radius 2 is 1.03 bits per heavy atom. The van der Waals surface area contributed by atoms with Gasteiger partial charge in [-0.3, -0.25) is 9.59 Å². The molecule has 38 heavy (non-hydrogen) atoms. The predicted molar refractivity (Wildman–Crippen MR) is 157 cm³/mol. The standard InChI is InChI=1S/2C18H22O/c2*1-3-18-10-9-16(19)12-15(18)6-4-5-14-11-13(2)7-8-17(14)18/h2*7-8,11-12H,3-6,9-10H2,1-2H3/t2*18-/m10/s1. The van der Waals surface area contributed by atoms with E-state index >= 15 is 0 Å². The van der Waals surface area contributed by atoms with Gasteiger partial charge in [0.05, 0.1) is 0 Å². The molecule has 0 radical (unpaired) electrons. The second kappa shape index (κ2) is 10.8. The van der Waals surface area contributed by atoms with Crippen LogP contribution in [0.25, 0.3) is 0 Å². The zero-order valence-corrected chi connectivity index (χ0v) is 23.9. The summed E-state index contributed by atoms with van der Waals surface area (Å²) in [4.78, 5) is 23.6. The van der Waals surface area contributed by atoms with Gasteiger partial charge in [0, 0.05) is 23.7 Å². The lowest BCUT2D eigenvalue weighted by Gasteiger charge is -2.38. The van der Waals surface area contributed by atoms with Gasteiger partial charge in [-0.25, -0.2) is 0 Å². The molecule has 4 aliphatic rings. The molecule has 4 aliphatic carbocycles. The average Bonchev–Trinajstić information content (AvgIpc) is 3.16. The quantitative estimate of drug-likeness (QED) is 0.407. The molecule has 0 N–H and O–H groups in total. The van der Waals surface area contributed by atoms with Crippen LogP contribution in [0.5, 0.6) is 0 Å². The van der Waals surface area contributed by atoms with Crippen molar-refractivity contribution in [1.82, 2.24) is 0 Å². The summed E-state index contributed by atoms with van der Waals surface area (Å²) in [7, 11) is 0. The molecule has 2 nitrogen and oxygen atoms in total. The van der Waals surface area contributed by atoms with E-state index in [1.54, 1.807) is 0 Å². The highest BCUT2D eigenvalue weighted by atomic mass is 16.1. The summed E-state index contributed by atoms with van der Waals surface area (Å²) < 4.78 is 0. The molecule has 0 fully saturated rings. The third kappa shape index (κ3) is 4.76. The summed E-state index contributed by atoms with van der Waals surface area (Å²) in [5.41, 5.74) is 11.8. The monoisotopic (exact) mass is 508 g/mol. The normalized spacial score (nSPS) is 26.2. The number of hydrogen-bond acceptors (Lipinski definition) is 2. The minimum absolute atomic E-state index is 0.146. The van der Waals surface area contributed by atoms with Crippen LogP contribution in [-0.2, 0) is 33.3 Å². The number of allylic oxidation sites excluding steroid dienone is 4. The fourth-order valence-electron chi connectivity index (χ4n) is 7.96. The molecule has 0 saturated heterocycles. The molecule has 2 heteroatoms. The molecular formula is C36H44O2.